The zero-order valence-corrected chi connectivity index (χ0v) is 8.85. The first-order valence-electron chi connectivity index (χ1n) is 4.04. The molecule has 1 unspecified atom stereocenters. The van der Waals surface area contributed by atoms with Crippen LogP contribution in [-0.4, -0.2) is 4.98 Å². The Balaban J connectivity index is 0.000000720. The van der Waals surface area contributed by atoms with E-state index in [9.17, 15) is 0 Å². The molecule has 1 atom stereocenters. The predicted octanol–water partition coefficient (Wildman–Crippen LogP) is 2.33. The Hall–Kier alpha value is -0.310. The highest BCUT2D eigenvalue weighted by Gasteiger charge is 2.29. The van der Waals surface area contributed by atoms with Gasteiger partial charge < -0.3 is 5.73 Å². The third-order valence-corrected chi connectivity index (χ3v) is 2.16. The molecule has 13 heavy (non-hydrogen) atoms. The van der Waals surface area contributed by atoms with Gasteiger partial charge in [-0.15, -0.1) is 24.8 Å². The first-order valence-corrected chi connectivity index (χ1v) is 4.04. The van der Waals surface area contributed by atoms with Crippen molar-refractivity contribution in [2.24, 2.45) is 11.7 Å². The molecule has 0 bridgehead atoms. The van der Waals surface area contributed by atoms with Gasteiger partial charge in [0.05, 0.1) is 5.69 Å². The highest BCUT2D eigenvalue weighted by Crippen LogP contribution is 2.38. The maximum absolute atomic E-state index is 5.94. The van der Waals surface area contributed by atoms with Crippen molar-refractivity contribution in [3.8, 4) is 0 Å². The van der Waals surface area contributed by atoms with Gasteiger partial charge in [-0.05, 0) is 30.9 Å². The van der Waals surface area contributed by atoms with Crippen molar-refractivity contribution >= 4 is 24.8 Å². The summed E-state index contributed by atoms with van der Waals surface area (Å²) in [5.74, 6) is 0.699. The van der Waals surface area contributed by atoms with Gasteiger partial charge in [0.1, 0.15) is 0 Å². The summed E-state index contributed by atoms with van der Waals surface area (Å²) >= 11 is 0. The summed E-state index contributed by atoms with van der Waals surface area (Å²) in [4.78, 5) is 4.21. The summed E-state index contributed by atoms with van der Waals surface area (Å²) in [5.41, 5.74) is 6.97. The van der Waals surface area contributed by atoms with Crippen LogP contribution in [0.25, 0.3) is 0 Å². The third-order valence-electron chi connectivity index (χ3n) is 2.16. The van der Waals surface area contributed by atoms with E-state index in [1.54, 1.807) is 6.20 Å². The first kappa shape index (κ1) is 12.7. The van der Waals surface area contributed by atoms with E-state index >= 15 is 0 Å². The van der Waals surface area contributed by atoms with Gasteiger partial charge in [0.25, 0.3) is 0 Å². The van der Waals surface area contributed by atoms with Gasteiger partial charge in [-0.1, -0.05) is 6.07 Å². The van der Waals surface area contributed by atoms with Crippen molar-refractivity contribution in [3.63, 3.8) is 0 Å². The molecule has 1 aromatic rings. The molecule has 0 radical (unpaired) electrons. The van der Waals surface area contributed by atoms with E-state index < -0.39 is 0 Å². The van der Waals surface area contributed by atoms with Crippen LogP contribution >= 0.6 is 24.8 Å². The first-order chi connectivity index (χ1) is 5.38. The van der Waals surface area contributed by atoms with Gasteiger partial charge in [-0.2, -0.15) is 0 Å². The molecule has 0 aromatic carbocycles. The number of nitrogens with two attached hydrogens (primary N) is 1. The number of aromatic nitrogens is 1. The fourth-order valence-electron chi connectivity index (χ4n) is 1.27. The molecule has 2 rings (SSSR count). The normalized spacial score (nSPS) is 16.7. The molecule has 4 heteroatoms. The van der Waals surface area contributed by atoms with Gasteiger partial charge in [0, 0.05) is 12.2 Å². The quantitative estimate of drug-likeness (QED) is 0.832. The second kappa shape index (κ2) is 5.43. The van der Waals surface area contributed by atoms with Crippen LogP contribution in [0.4, 0.5) is 0 Å². The maximum atomic E-state index is 5.94. The average molecular weight is 221 g/mol. The van der Waals surface area contributed by atoms with Crippen LogP contribution in [0.5, 0.6) is 0 Å². The minimum atomic E-state index is 0. The summed E-state index contributed by atoms with van der Waals surface area (Å²) < 4.78 is 0. The lowest BCUT2D eigenvalue weighted by Crippen LogP contribution is -2.13. The largest absolute Gasteiger partial charge is 0.322 e. The number of nitrogens with zero attached hydrogens (tertiary/aromatic N) is 1. The van der Waals surface area contributed by atoms with Crippen LogP contribution in [-0.2, 0) is 0 Å². The van der Waals surface area contributed by atoms with Crippen molar-refractivity contribution in [2.75, 3.05) is 0 Å². The zero-order chi connectivity index (χ0) is 7.68. The van der Waals surface area contributed by atoms with Gasteiger partial charge in [0.2, 0.25) is 0 Å². The van der Waals surface area contributed by atoms with Crippen LogP contribution < -0.4 is 5.73 Å². The van der Waals surface area contributed by atoms with Crippen molar-refractivity contribution in [1.29, 1.82) is 0 Å². The van der Waals surface area contributed by atoms with Crippen molar-refractivity contribution in [2.45, 2.75) is 18.9 Å². The van der Waals surface area contributed by atoms with Crippen LogP contribution in [0.1, 0.15) is 24.6 Å². The smallest absolute Gasteiger partial charge is 0.0573 e. The number of hydrogen-bond acceptors (Lipinski definition) is 2. The van der Waals surface area contributed by atoms with E-state index in [1.165, 1.54) is 12.8 Å². The number of rotatable bonds is 2. The number of pyridine rings is 1. The Morgan fingerprint density at radius 2 is 2.00 bits per heavy atom. The van der Waals surface area contributed by atoms with E-state index in [2.05, 4.69) is 4.98 Å². The molecule has 1 heterocycles. The van der Waals surface area contributed by atoms with E-state index in [0.29, 0.717) is 5.92 Å². The minimum Gasteiger partial charge on any atom is -0.322 e. The molecule has 1 saturated carbocycles. The molecule has 0 aliphatic heterocycles. The highest BCUT2D eigenvalue weighted by molar-refractivity contribution is 5.85. The molecular weight excluding hydrogens is 207 g/mol. The van der Waals surface area contributed by atoms with Gasteiger partial charge in [0.15, 0.2) is 0 Å². The van der Waals surface area contributed by atoms with E-state index in [0.717, 1.165) is 5.69 Å². The van der Waals surface area contributed by atoms with Crippen molar-refractivity contribution in [3.05, 3.63) is 30.1 Å². The number of halogens is 2. The summed E-state index contributed by atoms with van der Waals surface area (Å²) in [6.45, 7) is 0. The minimum absolute atomic E-state index is 0. The van der Waals surface area contributed by atoms with Gasteiger partial charge >= 0.3 is 0 Å². The highest BCUT2D eigenvalue weighted by atomic mass is 35.5. The number of hydrogen-bond donors (Lipinski definition) is 1. The lowest BCUT2D eigenvalue weighted by Gasteiger charge is -2.07. The lowest BCUT2D eigenvalue weighted by atomic mass is 10.1. The second-order valence-electron chi connectivity index (χ2n) is 3.12. The molecule has 1 aromatic heterocycles. The SMILES string of the molecule is Cl.Cl.NC(c1ccccn1)C1CC1. The predicted molar refractivity (Wildman–Crippen MR) is 58.4 cm³/mol. The molecule has 2 N–H and O–H groups in total. The Bertz CT molecular complexity index is 237. The summed E-state index contributed by atoms with van der Waals surface area (Å²) in [7, 11) is 0. The van der Waals surface area contributed by atoms with E-state index in [1.807, 2.05) is 18.2 Å². The second-order valence-corrected chi connectivity index (χ2v) is 3.12. The molecule has 1 aliphatic carbocycles. The molecule has 0 saturated heterocycles. The van der Waals surface area contributed by atoms with Crippen LogP contribution in [0.15, 0.2) is 24.4 Å². The Morgan fingerprint density at radius 1 is 1.31 bits per heavy atom. The fraction of sp³-hybridized carbons (Fsp3) is 0.444. The van der Waals surface area contributed by atoms with Gasteiger partial charge in [-0.3, -0.25) is 4.98 Å². The standard InChI is InChI=1S/C9H12N2.2ClH/c10-9(7-4-5-7)8-3-1-2-6-11-8;;/h1-3,6-7,9H,4-5,10H2;2*1H. The fourth-order valence-corrected chi connectivity index (χ4v) is 1.27. The average Bonchev–Trinajstić information content (AvgIpc) is 2.87. The molecule has 1 fully saturated rings. The molecule has 74 valence electrons. The summed E-state index contributed by atoms with van der Waals surface area (Å²) in [6.07, 6.45) is 4.35. The monoisotopic (exact) mass is 220 g/mol. The summed E-state index contributed by atoms with van der Waals surface area (Å²) in [5, 5.41) is 0. The molecule has 0 amide bonds. The van der Waals surface area contributed by atoms with Crippen LogP contribution in [0, 0.1) is 5.92 Å². The third kappa shape index (κ3) is 3.14. The Labute approximate surface area is 90.8 Å². The van der Waals surface area contributed by atoms with Crippen molar-refractivity contribution < 1.29 is 0 Å². The van der Waals surface area contributed by atoms with E-state index in [4.69, 9.17) is 5.73 Å². The Kier molecular flexibility index (Phi) is 5.30. The topological polar surface area (TPSA) is 38.9 Å². The molecule has 0 spiro atoms. The Morgan fingerprint density at radius 3 is 2.46 bits per heavy atom. The summed E-state index contributed by atoms with van der Waals surface area (Å²) in [6, 6.07) is 6.09. The van der Waals surface area contributed by atoms with Crippen LogP contribution in [0.3, 0.4) is 0 Å². The van der Waals surface area contributed by atoms with Crippen LogP contribution in [0.2, 0.25) is 0 Å². The van der Waals surface area contributed by atoms with E-state index in [-0.39, 0.29) is 30.9 Å². The molecule has 2 nitrogen and oxygen atoms in total. The van der Waals surface area contributed by atoms with Crippen molar-refractivity contribution in [1.82, 2.24) is 4.98 Å². The maximum Gasteiger partial charge on any atom is 0.0573 e. The van der Waals surface area contributed by atoms with Gasteiger partial charge in [-0.25, -0.2) is 0 Å². The molecular formula is C9H14Cl2N2. The molecule has 1 aliphatic rings. The zero-order valence-electron chi connectivity index (χ0n) is 7.22. The lowest BCUT2D eigenvalue weighted by molar-refractivity contribution is 0.615.